The highest BCUT2D eigenvalue weighted by Gasteiger charge is 2.24. The fourth-order valence-electron chi connectivity index (χ4n) is 2.04. The minimum atomic E-state index is 0.265. The molecule has 0 aromatic carbocycles. The summed E-state index contributed by atoms with van der Waals surface area (Å²) >= 11 is 0. The number of hydrogen-bond donors (Lipinski definition) is 1. The molecule has 1 aliphatic rings. The van der Waals surface area contributed by atoms with Gasteiger partial charge in [0.25, 0.3) is 0 Å². The van der Waals surface area contributed by atoms with E-state index in [1.807, 2.05) is 12.1 Å². The highest BCUT2D eigenvalue weighted by Crippen LogP contribution is 2.32. The predicted molar refractivity (Wildman–Crippen MR) is 75.6 cm³/mol. The summed E-state index contributed by atoms with van der Waals surface area (Å²) in [5, 5.41) is 3.10. The van der Waals surface area contributed by atoms with Crippen LogP contribution in [-0.2, 0) is 11.2 Å². The zero-order valence-corrected chi connectivity index (χ0v) is 11.1. The lowest BCUT2D eigenvalue weighted by Crippen LogP contribution is -2.07. The first-order valence-electron chi connectivity index (χ1n) is 6.80. The predicted octanol–water partition coefficient (Wildman–Crippen LogP) is 2.53. The summed E-state index contributed by atoms with van der Waals surface area (Å²) in [5.41, 5.74) is 1.64. The number of hydrogen-bond acceptors (Lipinski definition) is 5. The van der Waals surface area contributed by atoms with Gasteiger partial charge in [0.05, 0.1) is 5.69 Å². The average molecular weight is 268 g/mol. The topological polar surface area (TPSA) is 67.8 Å². The van der Waals surface area contributed by atoms with Crippen LogP contribution in [0, 0.1) is 5.92 Å². The molecular weight excluding hydrogens is 252 g/mol. The second-order valence-electron chi connectivity index (χ2n) is 5.10. The Kier molecular flexibility index (Phi) is 3.67. The molecule has 0 spiro atoms. The van der Waals surface area contributed by atoms with Crippen LogP contribution in [0.5, 0.6) is 0 Å². The van der Waals surface area contributed by atoms with Gasteiger partial charge in [-0.05, 0) is 37.0 Å². The molecule has 0 bridgehead atoms. The molecule has 2 aromatic rings. The van der Waals surface area contributed by atoms with Crippen molar-refractivity contribution >= 4 is 17.4 Å². The number of pyridine rings is 1. The van der Waals surface area contributed by atoms with Gasteiger partial charge in [0.15, 0.2) is 0 Å². The van der Waals surface area contributed by atoms with E-state index >= 15 is 0 Å². The molecule has 5 heteroatoms. The van der Waals surface area contributed by atoms with Gasteiger partial charge >= 0.3 is 0 Å². The van der Waals surface area contributed by atoms with Crippen LogP contribution in [0.1, 0.15) is 25.0 Å². The van der Waals surface area contributed by atoms with Gasteiger partial charge in [-0.3, -0.25) is 9.78 Å². The van der Waals surface area contributed by atoms with E-state index in [2.05, 4.69) is 20.3 Å². The van der Waals surface area contributed by atoms with E-state index in [0.717, 1.165) is 11.4 Å². The van der Waals surface area contributed by atoms with Crippen LogP contribution in [0.25, 0.3) is 0 Å². The van der Waals surface area contributed by atoms with Crippen molar-refractivity contribution in [3.8, 4) is 0 Å². The van der Waals surface area contributed by atoms with E-state index < -0.39 is 0 Å². The molecule has 0 unspecified atom stereocenters. The molecule has 0 amide bonds. The minimum absolute atomic E-state index is 0.265. The van der Waals surface area contributed by atoms with E-state index in [1.54, 1.807) is 24.7 Å². The van der Waals surface area contributed by atoms with Crippen molar-refractivity contribution in [2.24, 2.45) is 5.92 Å². The third kappa shape index (κ3) is 3.60. The number of Topliss-reactive ketones (excluding diaryl/α,β-unsaturated/α-hetero) is 1. The third-order valence-electron chi connectivity index (χ3n) is 3.24. The molecule has 2 heterocycles. The standard InChI is InChI=1S/C15H16N4O/c20-14(9-11-1-2-11)10-13-5-8-17-15(19-13)18-12-3-6-16-7-4-12/h3-8,11H,1-2,9-10H2,(H,16,17,18,19). The van der Waals surface area contributed by atoms with Gasteiger partial charge in [0.1, 0.15) is 5.78 Å². The van der Waals surface area contributed by atoms with Crippen molar-refractivity contribution in [3.05, 3.63) is 42.5 Å². The fourth-order valence-corrected chi connectivity index (χ4v) is 2.04. The minimum Gasteiger partial charge on any atom is -0.324 e. The summed E-state index contributed by atoms with van der Waals surface area (Å²) in [5.74, 6) is 1.40. The quantitative estimate of drug-likeness (QED) is 0.872. The van der Waals surface area contributed by atoms with Crippen LogP contribution >= 0.6 is 0 Å². The number of anilines is 2. The molecule has 5 nitrogen and oxygen atoms in total. The summed E-state index contributed by atoms with van der Waals surface area (Å²) in [4.78, 5) is 24.3. The lowest BCUT2D eigenvalue weighted by atomic mass is 10.1. The van der Waals surface area contributed by atoms with Crippen LogP contribution in [0.2, 0.25) is 0 Å². The Morgan fingerprint density at radius 1 is 1.20 bits per heavy atom. The van der Waals surface area contributed by atoms with Gasteiger partial charge in [-0.1, -0.05) is 0 Å². The highest BCUT2D eigenvalue weighted by molar-refractivity contribution is 5.81. The lowest BCUT2D eigenvalue weighted by Gasteiger charge is -2.05. The van der Waals surface area contributed by atoms with Crippen molar-refractivity contribution in [1.82, 2.24) is 15.0 Å². The largest absolute Gasteiger partial charge is 0.324 e. The maximum atomic E-state index is 11.8. The molecule has 3 rings (SSSR count). The number of nitrogens with one attached hydrogen (secondary N) is 1. The SMILES string of the molecule is O=C(Cc1ccnc(Nc2ccncc2)n1)CC1CC1. The van der Waals surface area contributed by atoms with Gasteiger partial charge in [-0.2, -0.15) is 0 Å². The van der Waals surface area contributed by atoms with Crippen molar-refractivity contribution in [1.29, 1.82) is 0 Å². The highest BCUT2D eigenvalue weighted by atomic mass is 16.1. The maximum Gasteiger partial charge on any atom is 0.227 e. The molecule has 0 saturated heterocycles. The monoisotopic (exact) mass is 268 g/mol. The second kappa shape index (κ2) is 5.77. The second-order valence-corrected chi connectivity index (χ2v) is 5.10. The van der Waals surface area contributed by atoms with Crippen molar-refractivity contribution in [3.63, 3.8) is 0 Å². The number of nitrogens with zero attached hydrogens (tertiary/aromatic N) is 3. The maximum absolute atomic E-state index is 11.8. The van der Waals surface area contributed by atoms with Crippen LogP contribution in [0.15, 0.2) is 36.8 Å². The lowest BCUT2D eigenvalue weighted by molar-refractivity contribution is -0.118. The molecule has 20 heavy (non-hydrogen) atoms. The van der Waals surface area contributed by atoms with Gasteiger partial charge in [0, 0.05) is 37.1 Å². The van der Waals surface area contributed by atoms with Crippen LogP contribution in [-0.4, -0.2) is 20.7 Å². The van der Waals surface area contributed by atoms with E-state index in [1.165, 1.54) is 12.8 Å². The van der Waals surface area contributed by atoms with Gasteiger partial charge < -0.3 is 5.32 Å². The van der Waals surface area contributed by atoms with Gasteiger partial charge in [-0.25, -0.2) is 9.97 Å². The fraction of sp³-hybridized carbons (Fsp3) is 0.333. The Hall–Kier alpha value is -2.30. The molecule has 102 valence electrons. The molecule has 0 atom stereocenters. The van der Waals surface area contributed by atoms with Crippen LogP contribution < -0.4 is 5.32 Å². The average Bonchev–Trinajstić information content (AvgIpc) is 3.24. The van der Waals surface area contributed by atoms with Gasteiger partial charge in [-0.15, -0.1) is 0 Å². The van der Waals surface area contributed by atoms with Crippen molar-refractivity contribution in [2.45, 2.75) is 25.7 Å². The molecule has 0 aliphatic heterocycles. The van der Waals surface area contributed by atoms with Crippen LogP contribution in [0.3, 0.4) is 0 Å². The third-order valence-corrected chi connectivity index (χ3v) is 3.24. The molecule has 1 N–H and O–H groups in total. The Morgan fingerprint density at radius 3 is 2.75 bits per heavy atom. The first-order valence-corrected chi connectivity index (χ1v) is 6.80. The zero-order valence-electron chi connectivity index (χ0n) is 11.1. The summed E-state index contributed by atoms with van der Waals surface area (Å²) in [6, 6.07) is 5.48. The number of ketones is 1. The molecule has 0 radical (unpaired) electrons. The summed E-state index contributed by atoms with van der Waals surface area (Å²) < 4.78 is 0. The van der Waals surface area contributed by atoms with E-state index in [9.17, 15) is 4.79 Å². The molecule has 1 saturated carbocycles. The normalized spacial score (nSPS) is 14.0. The Bertz CT molecular complexity index is 596. The van der Waals surface area contributed by atoms with Crippen molar-refractivity contribution < 1.29 is 4.79 Å². The number of rotatable bonds is 6. The van der Waals surface area contributed by atoms with E-state index in [0.29, 0.717) is 24.7 Å². The number of carbonyl (C=O) groups excluding carboxylic acids is 1. The van der Waals surface area contributed by atoms with E-state index in [-0.39, 0.29) is 5.78 Å². The first kappa shape index (κ1) is 12.7. The van der Waals surface area contributed by atoms with E-state index in [4.69, 9.17) is 0 Å². The Balaban J connectivity index is 1.64. The Labute approximate surface area is 117 Å². The summed E-state index contributed by atoms with van der Waals surface area (Å²) in [6.07, 6.45) is 8.56. The molecular formula is C15H16N4O. The number of carbonyl (C=O) groups is 1. The summed E-state index contributed by atoms with van der Waals surface area (Å²) in [7, 11) is 0. The molecule has 2 aromatic heterocycles. The smallest absolute Gasteiger partial charge is 0.227 e. The molecule has 1 aliphatic carbocycles. The summed E-state index contributed by atoms with van der Waals surface area (Å²) in [6.45, 7) is 0. The van der Waals surface area contributed by atoms with Crippen molar-refractivity contribution in [2.75, 3.05) is 5.32 Å². The first-order chi connectivity index (χ1) is 9.79. The molecule has 1 fully saturated rings. The zero-order chi connectivity index (χ0) is 13.8. The number of aromatic nitrogens is 3. The van der Waals surface area contributed by atoms with Crippen LogP contribution in [0.4, 0.5) is 11.6 Å². The van der Waals surface area contributed by atoms with Gasteiger partial charge in [0.2, 0.25) is 5.95 Å². The Morgan fingerprint density at radius 2 is 2.00 bits per heavy atom.